The van der Waals surface area contributed by atoms with Gasteiger partial charge in [0.15, 0.2) is 0 Å². The maximum atomic E-state index is 11.8. The second-order valence-corrected chi connectivity index (χ2v) is 4.52. The van der Waals surface area contributed by atoms with E-state index in [1.165, 1.54) is 10.9 Å². The van der Waals surface area contributed by atoms with E-state index in [1.807, 2.05) is 6.92 Å². The molecule has 0 saturated heterocycles. The number of aliphatic hydroxyl groups is 1. The largest absolute Gasteiger partial charge is 0.396 e. The average Bonchev–Trinajstić information content (AvgIpc) is 2.35. The van der Waals surface area contributed by atoms with Crippen LogP contribution in [0, 0.1) is 5.92 Å². The third-order valence-electron chi connectivity index (χ3n) is 2.55. The maximum Gasteiger partial charge on any atom is 0.287 e. The van der Waals surface area contributed by atoms with Crippen LogP contribution in [-0.4, -0.2) is 28.0 Å². The Labute approximate surface area is 111 Å². The fraction of sp³-hybridized carbons (Fsp3) is 0.500. The summed E-state index contributed by atoms with van der Waals surface area (Å²) in [7, 11) is 0. The Hall–Kier alpha value is -1.33. The second kappa shape index (κ2) is 7.18. The summed E-state index contributed by atoms with van der Waals surface area (Å²) in [5.41, 5.74) is 0.183. The van der Waals surface area contributed by atoms with Gasteiger partial charge in [0.05, 0.1) is 18.4 Å². The van der Waals surface area contributed by atoms with Crippen LogP contribution in [0.3, 0.4) is 0 Å². The number of nitrogens with zero attached hydrogens (tertiary/aromatic N) is 2. The van der Waals surface area contributed by atoms with E-state index in [-0.39, 0.29) is 17.2 Å². The van der Waals surface area contributed by atoms with E-state index < -0.39 is 0 Å². The van der Waals surface area contributed by atoms with E-state index >= 15 is 0 Å². The van der Waals surface area contributed by atoms with Crippen LogP contribution < -0.4 is 10.9 Å². The highest BCUT2D eigenvalue weighted by molar-refractivity contribution is 6.32. The Morgan fingerprint density at radius 1 is 1.72 bits per heavy atom. The number of hydrogen-bond donors (Lipinski definition) is 2. The molecule has 0 spiro atoms. The molecule has 0 aliphatic carbocycles. The maximum absolute atomic E-state index is 11.8. The van der Waals surface area contributed by atoms with E-state index in [0.717, 1.165) is 0 Å². The summed E-state index contributed by atoms with van der Waals surface area (Å²) in [5, 5.41) is 16.0. The van der Waals surface area contributed by atoms with Gasteiger partial charge in [0.1, 0.15) is 5.02 Å². The van der Waals surface area contributed by atoms with Crippen molar-refractivity contribution in [2.75, 3.05) is 18.5 Å². The number of halogens is 1. The van der Waals surface area contributed by atoms with Crippen LogP contribution in [0.5, 0.6) is 0 Å². The zero-order valence-electron chi connectivity index (χ0n) is 10.4. The summed E-state index contributed by atoms with van der Waals surface area (Å²) in [4.78, 5) is 11.8. The van der Waals surface area contributed by atoms with E-state index in [2.05, 4.69) is 17.0 Å². The summed E-state index contributed by atoms with van der Waals surface area (Å²) in [6.45, 7) is 6.66. The predicted molar refractivity (Wildman–Crippen MR) is 73.1 cm³/mol. The van der Waals surface area contributed by atoms with Crippen molar-refractivity contribution < 1.29 is 5.11 Å². The number of anilines is 1. The molecule has 2 N–H and O–H groups in total. The van der Waals surface area contributed by atoms with Gasteiger partial charge in [0.2, 0.25) is 0 Å². The first kappa shape index (κ1) is 14.7. The summed E-state index contributed by atoms with van der Waals surface area (Å²) in [5.74, 6) is 0.293. The average molecular weight is 272 g/mol. The normalized spacial score (nSPS) is 12.2. The highest BCUT2D eigenvalue weighted by Crippen LogP contribution is 2.16. The molecule has 0 aliphatic rings. The predicted octanol–water partition coefficient (Wildman–Crippen LogP) is 1.51. The Kier molecular flexibility index (Phi) is 5.88. The van der Waals surface area contributed by atoms with Crippen molar-refractivity contribution >= 4 is 17.3 Å². The molecule has 6 heteroatoms. The molecule has 5 nitrogen and oxygen atoms in total. The fourth-order valence-corrected chi connectivity index (χ4v) is 1.66. The molecule has 1 aromatic rings. The lowest BCUT2D eigenvalue weighted by Crippen LogP contribution is -2.24. The number of nitrogens with one attached hydrogen (secondary N) is 1. The molecular weight excluding hydrogens is 254 g/mol. The smallest absolute Gasteiger partial charge is 0.287 e. The first-order chi connectivity index (χ1) is 8.60. The van der Waals surface area contributed by atoms with Crippen LogP contribution in [0.1, 0.15) is 13.3 Å². The Bertz CT molecular complexity index is 459. The molecule has 1 aromatic heterocycles. The third kappa shape index (κ3) is 3.85. The van der Waals surface area contributed by atoms with Gasteiger partial charge >= 0.3 is 0 Å². The number of aliphatic hydroxyl groups excluding tert-OH is 1. The van der Waals surface area contributed by atoms with Crippen LogP contribution in [0.4, 0.5) is 5.69 Å². The highest BCUT2D eigenvalue weighted by atomic mass is 35.5. The van der Waals surface area contributed by atoms with Gasteiger partial charge in [-0.05, 0) is 12.3 Å². The molecule has 1 atom stereocenters. The summed E-state index contributed by atoms with van der Waals surface area (Å²) < 4.78 is 1.25. The molecule has 0 aromatic carbocycles. The zero-order chi connectivity index (χ0) is 13.5. The number of aromatic nitrogens is 2. The highest BCUT2D eigenvalue weighted by Gasteiger charge is 2.09. The molecule has 0 aliphatic heterocycles. The van der Waals surface area contributed by atoms with Crippen molar-refractivity contribution in [3.63, 3.8) is 0 Å². The van der Waals surface area contributed by atoms with E-state index in [9.17, 15) is 4.79 Å². The SMILES string of the molecule is C=CCn1ncc(NCC(C)CCO)c(Cl)c1=O. The van der Waals surface area contributed by atoms with Crippen LogP contribution in [-0.2, 0) is 6.54 Å². The van der Waals surface area contributed by atoms with E-state index in [1.54, 1.807) is 6.08 Å². The van der Waals surface area contributed by atoms with Gasteiger partial charge in [-0.1, -0.05) is 24.6 Å². The molecule has 1 rings (SSSR count). The monoisotopic (exact) mass is 271 g/mol. The lowest BCUT2D eigenvalue weighted by atomic mass is 10.1. The number of hydrogen-bond acceptors (Lipinski definition) is 4. The van der Waals surface area contributed by atoms with Crippen molar-refractivity contribution in [1.29, 1.82) is 0 Å². The third-order valence-corrected chi connectivity index (χ3v) is 2.92. The summed E-state index contributed by atoms with van der Waals surface area (Å²) in [6.07, 6.45) is 3.81. The molecule has 0 saturated carbocycles. The van der Waals surface area contributed by atoms with Crippen LogP contribution in [0.15, 0.2) is 23.6 Å². The van der Waals surface area contributed by atoms with Crippen molar-refractivity contribution in [2.45, 2.75) is 19.9 Å². The van der Waals surface area contributed by atoms with Crippen molar-refractivity contribution in [1.82, 2.24) is 9.78 Å². The molecule has 18 heavy (non-hydrogen) atoms. The van der Waals surface area contributed by atoms with Gasteiger partial charge in [0.25, 0.3) is 5.56 Å². The van der Waals surface area contributed by atoms with Crippen molar-refractivity contribution in [2.24, 2.45) is 5.92 Å². The fourth-order valence-electron chi connectivity index (χ4n) is 1.45. The minimum atomic E-state index is -0.337. The lowest BCUT2D eigenvalue weighted by Gasteiger charge is -2.13. The van der Waals surface area contributed by atoms with E-state index in [0.29, 0.717) is 31.1 Å². The lowest BCUT2D eigenvalue weighted by molar-refractivity contribution is 0.266. The molecule has 1 heterocycles. The number of allylic oxidation sites excluding steroid dienone is 1. The van der Waals surface area contributed by atoms with Gasteiger partial charge in [0, 0.05) is 13.2 Å². The number of rotatable bonds is 7. The molecular formula is C12H18ClN3O2. The Morgan fingerprint density at radius 2 is 2.44 bits per heavy atom. The van der Waals surface area contributed by atoms with Crippen LogP contribution >= 0.6 is 11.6 Å². The topological polar surface area (TPSA) is 67.2 Å². The minimum Gasteiger partial charge on any atom is -0.396 e. The molecule has 0 fully saturated rings. The Balaban J connectivity index is 2.76. The molecule has 0 bridgehead atoms. The first-order valence-electron chi connectivity index (χ1n) is 5.81. The second-order valence-electron chi connectivity index (χ2n) is 4.15. The summed E-state index contributed by atoms with van der Waals surface area (Å²) >= 11 is 5.98. The zero-order valence-corrected chi connectivity index (χ0v) is 11.2. The van der Waals surface area contributed by atoms with Gasteiger partial charge in [-0.15, -0.1) is 6.58 Å². The van der Waals surface area contributed by atoms with Crippen molar-refractivity contribution in [3.05, 3.63) is 34.2 Å². The van der Waals surface area contributed by atoms with Gasteiger partial charge in [-0.3, -0.25) is 4.79 Å². The Morgan fingerprint density at radius 3 is 3.06 bits per heavy atom. The molecule has 100 valence electrons. The van der Waals surface area contributed by atoms with E-state index in [4.69, 9.17) is 16.7 Å². The minimum absolute atomic E-state index is 0.128. The first-order valence-corrected chi connectivity index (χ1v) is 6.19. The quantitative estimate of drug-likeness (QED) is 0.738. The molecule has 0 radical (unpaired) electrons. The van der Waals surface area contributed by atoms with Crippen molar-refractivity contribution in [3.8, 4) is 0 Å². The van der Waals surface area contributed by atoms with Gasteiger partial charge in [-0.25, -0.2) is 4.68 Å². The molecule has 1 unspecified atom stereocenters. The van der Waals surface area contributed by atoms with Gasteiger partial charge < -0.3 is 10.4 Å². The molecule has 0 amide bonds. The van der Waals surface area contributed by atoms with Gasteiger partial charge in [-0.2, -0.15) is 5.10 Å². The van der Waals surface area contributed by atoms with Crippen LogP contribution in [0.25, 0.3) is 0 Å². The summed E-state index contributed by atoms with van der Waals surface area (Å²) in [6, 6.07) is 0. The standard InChI is InChI=1S/C12H18ClN3O2/c1-3-5-16-12(18)11(13)10(8-15-16)14-7-9(2)4-6-17/h3,8-9,14,17H,1,4-7H2,2H3. The van der Waals surface area contributed by atoms with Crippen LogP contribution in [0.2, 0.25) is 5.02 Å².